The molecule has 0 saturated heterocycles. The molecule has 0 nitrogen and oxygen atoms in total. The van der Waals surface area contributed by atoms with Gasteiger partial charge < -0.3 is 0 Å². The van der Waals surface area contributed by atoms with Gasteiger partial charge >= 0.3 is 0 Å². The third kappa shape index (κ3) is 3250. The number of hydrogen-bond donors (Lipinski definition) is 0. The molecule has 0 bridgehead atoms. The van der Waals surface area contributed by atoms with Crippen LogP contribution >= 0.6 is 17.0 Å². The van der Waals surface area contributed by atoms with Gasteiger partial charge in [-0.1, -0.05) is 24.3 Å². The predicted molar refractivity (Wildman–Crippen MR) is 73.8 cm³/mol. The van der Waals surface area contributed by atoms with E-state index >= 15 is 0 Å². The van der Waals surface area contributed by atoms with Crippen molar-refractivity contribution in [1.29, 1.82) is 0 Å². The van der Waals surface area contributed by atoms with Crippen LogP contribution in [0.5, 0.6) is 0 Å². The lowest BCUT2D eigenvalue weighted by Crippen LogP contribution is -1.07. The Morgan fingerprint density at radius 2 is 0.538 bits per heavy atom. The molecule has 0 radical (unpaired) electrons. The lowest BCUT2D eigenvalue weighted by molar-refractivity contribution is 1.80. The van der Waals surface area contributed by atoms with Gasteiger partial charge in [-0.3, -0.25) is 0 Å². The Kier molecular flexibility index (Phi) is 238. The van der Waals surface area contributed by atoms with Gasteiger partial charge in [-0.15, -0.1) is 43.3 Å². The van der Waals surface area contributed by atoms with E-state index in [-0.39, 0.29) is 17.0 Å². The fourth-order valence-electron chi connectivity index (χ4n) is 0. The van der Waals surface area contributed by atoms with Gasteiger partial charge in [0.05, 0.1) is 0 Å². The topological polar surface area (TPSA) is 0 Å². The largest absolute Gasteiger partial charge is 0.114 e. The first-order valence-corrected chi connectivity index (χ1v) is 3.94. The van der Waals surface area contributed by atoms with Crippen molar-refractivity contribution in [1.82, 2.24) is 0 Å². The minimum absolute atomic E-state index is 0. The van der Waals surface area contributed by atoms with E-state index in [2.05, 4.69) is 26.3 Å². The molecule has 13 heavy (non-hydrogen) atoms. The molecular formula is C12H25Br. The Morgan fingerprint density at radius 1 is 0.538 bits per heavy atom. The minimum atomic E-state index is 0. The lowest BCUT2D eigenvalue weighted by Gasteiger charge is -1.31. The number of allylic oxidation sites excluding steroid dienone is 4. The van der Waals surface area contributed by atoms with Crippen molar-refractivity contribution in [2.75, 3.05) is 0 Å². The third-order valence-electron chi connectivity index (χ3n) is 0. The Labute approximate surface area is 95.5 Å². The van der Waals surface area contributed by atoms with Gasteiger partial charge in [0.2, 0.25) is 0 Å². The van der Waals surface area contributed by atoms with Gasteiger partial charge in [0.15, 0.2) is 0 Å². The highest BCUT2D eigenvalue weighted by Gasteiger charge is 1.15. The van der Waals surface area contributed by atoms with E-state index in [0.29, 0.717) is 0 Å². The second-order valence-electron chi connectivity index (χ2n) is 1.63. The van der Waals surface area contributed by atoms with E-state index in [1.807, 2.05) is 27.7 Å². The average Bonchev–Trinajstić information content (AvgIpc) is 1.92. The van der Waals surface area contributed by atoms with Crippen LogP contribution in [0.1, 0.15) is 27.7 Å². The molecular weight excluding hydrogens is 224 g/mol. The summed E-state index contributed by atoms with van der Waals surface area (Å²) in [6, 6.07) is 0. The maximum absolute atomic E-state index is 3.36. The van der Waals surface area contributed by atoms with Crippen molar-refractivity contribution in [3.05, 3.63) is 50.6 Å². The summed E-state index contributed by atoms with van der Waals surface area (Å²) in [4.78, 5) is 0. The van der Waals surface area contributed by atoms with Crippen LogP contribution in [0.3, 0.4) is 0 Å². The fraction of sp³-hybridized carbons (Fsp3) is 0.333. The van der Waals surface area contributed by atoms with Gasteiger partial charge in [0, 0.05) is 0 Å². The van der Waals surface area contributed by atoms with Crippen molar-refractivity contribution in [2.24, 2.45) is 0 Å². The molecule has 0 spiro atoms. The molecule has 0 saturated carbocycles. The summed E-state index contributed by atoms with van der Waals surface area (Å²) >= 11 is 0. The fourth-order valence-corrected chi connectivity index (χ4v) is 0. The van der Waals surface area contributed by atoms with Crippen LogP contribution in [0.4, 0.5) is 0 Å². The molecule has 0 aromatic carbocycles. The number of hydrogen-bond acceptors (Lipinski definition) is 0. The van der Waals surface area contributed by atoms with Gasteiger partial charge in [-0.25, -0.2) is 0 Å². The van der Waals surface area contributed by atoms with Crippen molar-refractivity contribution in [3.8, 4) is 0 Å². The van der Waals surface area contributed by atoms with Crippen LogP contribution in [-0.4, -0.2) is 0 Å². The van der Waals surface area contributed by atoms with Gasteiger partial charge in [0.25, 0.3) is 0 Å². The average molecular weight is 249 g/mol. The summed E-state index contributed by atoms with van der Waals surface area (Å²) in [6.45, 7) is 21.0. The summed E-state index contributed by atoms with van der Waals surface area (Å²) in [7, 11) is 0. The van der Waals surface area contributed by atoms with Crippen LogP contribution in [0, 0.1) is 0 Å². The van der Waals surface area contributed by atoms with E-state index < -0.39 is 0 Å². The molecule has 80 valence electrons. The lowest BCUT2D eigenvalue weighted by atomic mass is 10.8. The zero-order chi connectivity index (χ0) is 10.8. The molecule has 1 heteroatoms. The molecule has 0 aliphatic rings. The van der Waals surface area contributed by atoms with Crippen molar-refractivity contribution in [3.63, 3.8) is 0 Å². The molecule has 0 unspecified atom stereocenters. The van der Waals surface area contributed by atoms with Gasteiger partial charge in [-0.2, -0.15) is 0 Å². The molecule has 0 amide bonds. The number of halogens is 1. The molecule has 0 rings (SSSR count). The standard InChI is InChI=1S/4C3H6.BrH/c4*1-3-2;/h4*3H,1H2,2H3;1H. The minimum Gasteiger partial charge on any atom is -0.114 e. The first-order valence-electron chi connectivity index (χ1n) is 3.94. The summed E-state index contributed by atoms with van der Waals surface area (Å²) in [6.07, 6.45) is 7.00. The molecule has 0 atom stereocenters. The highest BCUT2D eigenvalue weighted by atomic mass is 79.9. The van der Waals surface area contributed by atoms with Crippen molar-refractivity contribution >= 4 is 17.0 Å². The van der Waals surface area contributed by atoms with Crippen LogP contribution in [0.2, 0.25) is 0 Å². The molecule has 0 aromatic rings. The molecule has 0 N–H and O–H groups in total. The first kappa shape index (κ1) is 29.4. The zero-order valence-corrected chi connectivity index (χ0v) is 11.3. The first-order chi connectivity index (χ1) is 5.66. The number of rotatable bonds is 0. The quantitative estimate of drug-likeness (QED) is 0.508. The SMILES string of the molecule is Br.C=CC.C=CC.C=CC.C=CC. The summed E-state index contributed by atoms with van der Waals surface area (Å²) in [5, 5.41) is 0. The Hall–Kier alpha value is -0.560. The molecule has 0 heterocycles. The van der Waals surface area contributed by atoms with Crippen molar-refractivity contribution in [2.45, 2.75) is 27.7 Å². The van der Waals surface area contributed by atoms with E-state index in [4.69, 9.17) is 0 Å². The van der Waals surface area contributed by atoms with E-state index in [1.54, 1.807) is 24.3 Å². The van der Waals surface area contributed by atoms with Gasteiger partial charge in [0.1, 0.15) is 0 Å². The Bertz CT molecular complexity index is 59.1. The second-order valence-corrected chi connectivity index (χ2v) is 1.63. The maximum Gasteiger partial charge on any atom is -0.0473 e. The molecule has 0 aliphatic carbocycles. The third-order valence-corrected chi connectivity index (χ3v) is 0. The van der Waals surface area contributed by atoms with E-state index in [9.17, 15) is 0 Å². The molecule has 0 fully saturated rings. The van der Waals surface area contributed by atoms with E-state index in [0.717, 1.165) is 0 Å². The van der Waals surface area contributed by atoms with Crippen LogP contribution < -0.4 is 0 Å². The van der Waals surface area contributed by atoms with E-state index in [1.165, 1.54) is 0 Å². The van der Waals surface area contributed by atoms with Crippen molar-refractivity contribution < 1.29 is 0 Å². The highest BCUT2D eigenvalue weighted by Crippen LogP contribution is 1.39. The normalized spacial score (nSPS) is 4.00. The smallest absolute Gasteiger partial charge is 0.0473 e. The Balaban J connectivity index is -0.0000000213. The zero-order valence-electron chi connectivity index (χ0n) is 9.55. The van der Waals surface area contributed by atoms with Crippen LogP contribution in [0.15, 0.2) is 50.6 Å². The maximum atomic E-state index is 3.36. The predicted octanol–water partition coefficient (Wildman–Crippen LogP) is 5.35. The van der Waals surface area contributed by atoms with Gasteiger partial charge in [-0.05, 0) is 27.7 Å². The highest BCUT2D eigenvalue weighted by molar-refractivity contribution is 8.93. The van der Waals surface area contributed by atoms with Crippen LogP contribution in [-0.2, 0) is 0 Å². The van der Waals surface area contributed by atoms with Crippen LogP contribution in [0.25, 0.3) is 0 Å². The summed E-state index contributed by atoms with van der Waals surface area (Å²) in [5.41, 5.74) is 0. The second kappa shape index (κ2) is 105. The molecule has 0 aromatic heterocycles. The summed E-state index contributed by atoms with van der Waals surface area (Å²) in [5.74, 6) is 0. The molecule has 0 aliphatic heterocycles. The Morgan fingerprint density at radius 3 is 0.538 bits per heavy atom. The monoisotopic (exact) mass is 248 g/mol. The summed E-state index contributed by atoms with van der Waals surface area (Å²) < 4.78 is 0.